The Morgan fingerprint density at radius 2 is 2.06 bits per heavy atom. The molecule has 0 aliphatic carbocycles. The van der Waals surface area contributed by atoms with Gasteiger partial charge in [0.1, 0.15) is 5.84 Å². The summed E-state index contributed by atoms with van der Waals surface area (Å²) in [5.41, 5.74) is 5.43. The van der Waals surface area contributed by atoms with Crippen LogP contribution in [0.5, 0.6) is 0 Å². The Hall–Kier alpha value is -1.26. The van der Waals surface area contributed by atoms with Gasteiger partial charge in [0.05, 0.1) is 0 Å². The van der Waals surface area contributed by atoms with Gasteiger partial charge in [0.15, 0.2) is 0 Å². The Kier molecular flexibility index (Phi) is 4.99. The summed E-state index contributed by atoms with van der Waals surface area (Å²) < 4.78 is 0. The highest BCUT2D eigenvalue weighted by atomic mass is 16.4. The molecule has 1 saturated heterocycles. The molecule has 1 fully saturated rings. The van der Waals surface area contributed by atoms with E-state index in [2.05, 4.69) is 12.1 Å². The van der Waals surface area contributed by atoms with E-state index >= 15 is 0 Å². The van der Waals surface area contributed by atoms with Crippen LogP contribution in [-0.2, 0) is 4.79 Å². The first-order valence-corrected chi connectivity index (χ1v) is 6.71. The number of rotatable bonds is 4. The van der Waals surface area contributed by atoms with Crippen LogP contribution in [-0.4, -0.2) is 34.9 Å². The maximum Gasteiger partial charge on any atom is 0.225 e. The maximum absolute atomic E-state index is 12.2. The van der Waals surface area contributed by atoms with Crippen LogP contribution < -0.4 is 5.73 Å². The summed E-state index contributed by atoms with van der Waals surface area (Å²) in [4.78, 5) is 14.1. The van der Waals surface area contributed by atoms with Crippen LogP contribution in [0.25, 0.3) is 0 Å². The van der Waals surface area contributed by atoms with E-state index in [0.717, 1.165) is 25.7 Å². The molecule has 1 amide bonds. The monoisotopic (exact) mass is 255 g/mol. The number of nitrogens with two attached hydrogens (primary N) is 1. The van der Waals surface area contributed by atoms with Crippen molar-refractivity contribution in [3.8, 4) is 0 Å². The molecular weight excluding hydrogens is 230 g/mol. The average molecular weight is 255 g/mol. The number of piperidine rings is 1. The lowest BCUT2D eigenvalue weighted by Crippen LogP contribution is -2.48. The molecule has 1 heterocycles. The van der Waals surface area contributed by atoms with Crippen molar-refractivity contribution in [1.29, 1.82) is 0 Å². The van der Waals surface area contributed by atoms with Crippen molar-refractivity contribution in [3.05, 3.63) is 0 Å². The zero-order chi connectivity index (χ0) is 13.8. The second kappa shape index (κ2) is 6.07. The molecule has 0 radical (unpaired) electrons. The Morgan fingerprint density at radius 3 is 2.50 bits per heavy atom. The molecule has 0 aromatic heterocycles. The van der Waals surface area contributed by atoms with Crippen molar-refractivity contribution >= 4 is 11.7 Å². The third-order valence-electron chi connectivity index (χ3n) is 4.05. The van der Waals surface area contributed by atoms with Crippen LogP contribution in [0.2, 0.25) is 0 Å². The van der Waals surface area contributed by atoms with Crippen molar-refractivity contribution in [2.45, 2.75) is 46.5 Å². The fourth-order valence-electron chi connectivity index (χ4n) is 2.47. The molecule has 3 N–H and O–H groups in total. The van der Waals surface area contributed by atoms with Crippen LogP contribution in [0.3, 0.4) is 0 Å². The van der Waals surface area contributed by atoms with E-state index in [9.17, 15) is 4.79 Å². The summed E-state index contributed by atoms with van der Waals surface area (Å²) in [6.07, 6.45) is 3.48. The molecule has 5 nitrogen and oxygen atoms in total. The van der Waals surface area contributed by atoms with E-state index in [4.69, 9.17) is 10.9 Å². The minimum absolute atomic E-state index is 0.100. The smallest absolute Gasteiger partial charge is 0.225 e. The van der Waals surface area contributed by atoms with Crippen LogP contribution >= 0.6 is 0 Å². The van der Waals surface area contributed by atoms with E-state index in [1.165, 1.54) is 0 Å². The second-order valence-electron chi connectivity index (χ2n) is 5.56. The van der Waals surface area contributed by atoms with E-state index in [0.29, 0.717) is 13.1 Å². The number of nitrogens with zero attached hydrogens (tertiary/aromatic N) is 2. The largest absolute Gasteiger partial charge is 0.409 e. The predicted molar refractivity (Wildman–Crippen MR) is 71.4 cm³/mol. The summed E-state index contributed by atoms with van der Waals surface area (Å²) in [6.45, 7) is 7.46. The molecule has 0 aromatic carbocycles. The summed E-state index contributed by atoms with van der Waals surface area (Å²) in [5, 5.41) is 11.9. The number of amides is 1. The third kappa shape index (κ3) is 3.15. The number of hydrogen-bond acceptors (Lipinski definition) is 3. The average Bonchev–Trinajstić information content (AvgIpc) is 2.38. The number of hydrogen-bond donors (Lipinski definition) is 2. The molecular formula is C13H25N3O2. The first kappa shape index (κ1) is 14.8. The number of carbonyl (C=O) groups excluding carboxylic acids is 1. The molecule has 104 valence electrons. The molecule has 0 aromatic rings. The highest BCUT2D eigenvalue weighted by molar-refractivity contribution is 5.86. The zero-order valence-corrected chi connectivity index (χ0v) is 11.6. The van der Waals surface area contributed by atoms with Gasteiger partial charge >= 0.3 is 0 Å². The maximum atomic E-state index is 12.2. The highest BCUT2D eigenvalue weighted by Crippen LogP contribution is 2.31. The Bertz CT molecular complexity index is 320. The van der Waals surface area contributed by atoms with Gasteiger partial charge in [-0.3, -0.25) is 4.79 Å². The minimum atomic E-state index is -0.278. The number of carbonyl (C=O) groups is 1. The molecule has 1 aliphatic rings. The Morgan fingerprint density at radius 1 is 1.50 bits per heavy atom. The van der Waals surface area contributed by atoms with Gasteiger partial charge in [-0.25, -0.2) is 0 Å². The summed E-state index contributed by atoms with van der Waals surface area (Å²) in [5.74, 6) is 0.609. The van der Waals surface area contributed by atoms with Gasteiger partial charge in [0.2, 0.25) is 5.91 Å². The molecule has 18 heavy (non-hydrogen) atoms. The van der Waals surface area contributed by atoms with Gasteiger partial charge in [-0.05, 0) is 19.3 Å². The molecule has 0 bridgehead atoms. The van der Waals surface area contributed by atoms with Crippen molar-refractivity contribution in [3.63, 3.8) is 0 Å². The van der Waals surface area contributed by atoms with Crippen molar-refractivity contribution in [2.75, 3.05) is 13.1 Å². The van der Waals surface area contributed by atoms with Gasteiger partial charge in [-0.15, -0.1) is 0 Å². The molecule has 1 rings (SSSR count). The third-order valence-corrected chi connectivity index (χ3v) is 4.05. The van der Waals surface area contributed by atoms with Gasteiger partial charge in [-0.2, -0.15) is 0 Å². The zero-order valence-electron chi connectivity index (χ0n) is 11.6. The molecule has 5 heteroatoms. The van der Waals surface area contributed by atoms with Crippen LogP contribution in [0.1, 0.15) is 46.5 Å². The summed E-state index contributed by atoms with van der Waals surface area (Å²) in [7, 11) is 0. The lowest BCUT2D eigenvalue weighted by Gasteiger charge is -2.39. The van der Waals surface area contributed by atoms with E-state index in [1.807, 2.05) is 18.7 Å². The normalized spacial score (nSPS) is 21.7. The van der Waals surface area contributed by atoms with Gasteiger partial charge in [0.25, 0.3) is 0 Å². The molecule has 0 saturated carbocycles. The Labute approximate surface area is 109 Å². The highest BCUT2D eigenvalue weighted by Gasteiger charge is 2.36. The predicted octanol–water partition coefficient (Wildman–Crippen LogP) is 1.80. The lowest BCUT2D eigenvalue weighted by atomic mass is 9.79. The lowest BCUT2D eigenvalue weighted by molar-refractivity contribution is -0.136. The first-order chi connectivity index (χ1) is 8.44. The fraction of sp³-hybridized carbons (Fsp3) is 0.846. The van der Waals surface area contributed by atoms with Crippen LogP contribution in [0.4, 0.5) is 0 Å². The topological polar surface area (TPSA) is 78.9 Å². The minimum Gasteiger partial charge on any atom is -0.409 e. The molecule has 1 atom stereocenters. The van der Waals surface area contributed by atoms with Crippen molar-refractivity contribution < 1.29 is 10.0 Å². The van der Waals surface area contributed by atoms with E-state index in [-0.39, 0.29) is 23.1 Å². The van der Waals surface area contributed by atoms with Crippen molar-refractivity contribution in [2.24, 2.45) is 22.2 Å². The molecule has 1 unspecified atom stereocenters. The summed E-state index contributed by atoms with van der Waals surface area (Å²) in [6, 6.07) is 0. The number of amidine groups is 1. The number of likely N-dealkylation sites (tertiary alicyclic amines) is 1. The van der Waals surface area contributed by atoms with Crippen LogP contribution in [0.15, 0.2) is 5.16 Å². The Balaban J connectivity index is 2.56. The SMILES string of the molecule is CCCC(C)C(=O)N1CCC(C)(C(N)=NO)CC1. The quantitative estimate of drug-likeness (QED) is 0.348. The fourth-order valence-corrected chi connectivity index (χ4v) is 2.47. The second-order valence-corrected chi connectivity index (χ2v) is 5.56. The molecule has 0 spiro atoms. The number of oxime groups is 1. The summed E-state index contributed by atoms with van der Waals surface area (Å²) >= 11 is 0. The van der Waals surface area contributed by atoms with Gasteiger partial charge < -0.3 is 15.8 Å². The van der Waals surface area contributed by atoms with Crippen LogP contribution in [0, 0.1) is 11.3 Å². The first-order valence-electron chi connectivity index (χ1n) is 6.71. The van der Waals surface area contributed by atoms with Crippen molar-refractivity contribution in [1.82, 2.24) is 4.90 Å². The molecule has 1 aliphatic heterocycles. The van der Waals surface area contributed by atoms with Gasteiger partial charge in [-0.1, -0.05) is 32.3 Å². The van der Waals surface area contributed by atoms with Gasteiger partial charge in [0, 0.05) is 24.4 Å². The standard InChI is InChI=1S/C13H25N3O2/c1-4-5-10(2)11(17)16-8-6-13(3,7-9-16)12(14)15-18/h10,18H,4-9H2,1-3H3,(H2,14,15). The van der Waals surface area contributed by atoms with E-state index in [1.54, 1.807) is 0 Å². The van der Waals surface area contributed by atoms with E-state index < -0.39 is 0 Å².